The lowest BCUT2D eigenvalue weighted by Crippen LogP contribution is -2.55. The van der Waals surface area contributed by atoms with Gasteiger partial charge in [-0.3, -0.25) is 19.2 Å². The van der Waals surface area contributed by atoms with Gasteiger partial charge >= 0.3 is 0 Å². The summed E-state index contributed by atoms with van der Waals surface area (Å²) in [5, 5.41) is 14.8. The number of para-hydroxylation sites is 1. The van der Waals surface area contributed by atoms with Gasteiger partial charge in [-0.25, -0.2) is 12.7 Å². The predicted molar refractivity (Wildman–Crippen MR) is 217 cm³/mol. The normalized spacial score (nSPS) is 13.5. The number of amides is 4. The number of carbonyl (C=O) groups is 4. The molecular weight excluding hydrogens is 717 g/mol. The Bertz CT molecular complexity index is 2010. The minimum Gasteiger partial charge on any atom is -0.355 e. The van der Waals surface area contributed by atoms with Crippen LogP contribution in [0.3, 0.4) is 0 Å². The summed E-state index contributed by atoms with van der Waals surface area (Å²) in [6, 6.07) is 29.3. The van der Waals surface area contributed by atoms with Gasteiger partial charge in [-0.1, -0.05) is 92.7 Å². The van der Waals surface area contributed by atoms with Crippen LogP contribution in [0.1, 0.15) is 72.5 Å². The van der Waals surface area contributed by atoms with Crippen LogP contribution in [-0.2, 0) is 26.0 Å². The van der Waals surface area contributed by atoms with Gasteiger partial charge in [0.1, 0.15) is 6.04 Å². The number of sulfonamides is 1. The number of benzene rings is 4. The number of carbonyl (C=O) groups excluding carboxylic acids is 4. The molecule has 4 amide bonds. The van der Waals surface area contributed by atoms with Crippen molar-refractivity contribution < 1.29 is 27.6 Å². The summed E-state index contributed by atoms with van der Waals surface area (Å²) >= 11 is 0. The van der Waals surface area contributed by atoms with Crippen molar-refractivity contribution >= 4 is 45.0 Å². The van der Waals surface area contributed by atoms with Crippen LogP contribution in [0, 0.1) is 5.92 Å². The van der Waals surface area contributed by atoms with Crippen LogP contribution < -0.4 is 30.9 Å². The minimum atomic E-state index is -3.94. The topological polar surface area (TPSA) is 166 Å². The van der Waals surface area contributed by atoms with E-state index in [9.17, 15) is 27.6 Å². The van der Waals surface area contributed by atoms with E-state index in [2.05, 4.69) is 26.6 Å². The van der Waals surface area contributed by atoms with E-state index < -0.39 is 40.0 Å². The third-order valence-electron chi connectivity index (χ3n) is 8.97. The molecule has 0 spiro atoms. The molecule has 0 heterocycles. The monoisotopic (exact) mass is 768 g/mol. The molecule has 292 valence electrons. The number of hydrogen-bond donors (Lipinski definition) is 5. The summed E-state index contributed by atoms with van der Waals surface area (Å²) in [7, 11) is -3.94. The van der Waals surface area contributed by atoms with Crippen molar-refractivity contribution in [1.82, 2.24) is 26.6 Å². The second kappa shape index (κ2) is 19.7. The van der Waals surface area contributed by atoms with Gasteiger partial charge in [0, 0.05) is 30.3 Å². The lowest BCUT2D eigenvalue weighted by atomic mass is 10.0. The zero-order valence-electron chi connectivity index (χ0n) is 32.2. The minimum absolute atomic E-state index is 0.0603. The maximum absolute atomic E-state index is 14.2. The highest BCUT2D eigenvalue weighted by molar-refractivity contribution is 7.92. The van der Waals surface area contributed by atoms with Crippen LogP contribution in [0.2, 0.25) is 0 Å². The lowest BCUT2D eigenvalue weighted by molar-refractivity contribution is -0.130. The van der Waals surface area contributed by atoms with E-state index in [0.29, 0.717) is 18.7 Å². The van der Waals surface area contributed by atoms with Crippen LogP contribution >= 0.6 is 0 Å². The zero-order valence-corrected chi connectivity index (χ0v) is 33.0. The van der Waals surface area contributed by atoms with E-state index in [1.54, 1.807) is 37.3 Å². The second-order valence-corrected chi connectivity index (χ2v) is 15.7. The van der Waals surface area contributed by atoms with Crippen molar-refractivity contribution in [2.45, 2.75) is 65.2 Å². The lowest BCUT2D eigenvalue weighted by Gasteiger charge is -2.26. The van der Waals surface area contributed by atoms with Crippen molar-refractivity contribution in [2.24, 2.45) is 5.92 Å². The Kier molecular flexibility index (Phi) is 15.1. The number of nitrogens with zero attached hydrogens (tertiary/aromatic N) is 1. The molecule has 4 rings (SSSR count). The van der Waals surface area contributed by atoms with Crippen LogP contribution in [0.5, 0.6) is 0 Å². The molecule has 0 saturated carbocycles. The summed E-state index contributed by atoms with van der Waals surface area (Å²) in [6.07, 6.45) is 1.45. The molecule has 0 aromatic heterocycles. The molecule has 4 aromatic rings. The van der Waals surface area contributed by atoms with Crippen molar-refractivity contribution in [3.8, 4) is 0 Å². The number of hydrogen-bond acceptors (Lipinski definition) is 7. The predicted octanol–water partition coefficient (Wildman–Crippen LogP) is 4.87. The first-order valence-corrected chi connectivity index (χ1v) is 20.2. The molecule has 0 saturated heterocycles. The van der Waals surface area contributed by atoms with E-state index in [0.717, 1.165) is 21.7 Å². The summed E-state index contributed by atoms with van der Waals surface area (Å²) in [5.74, 6) is -1.83. The molecule has 5 N–H and O–H groups in total. The van der Waals surface area contributed by atoms with Crippen LogP contribution in [0.25, 0.3) is 0 Å². The molecule has 0 fully saturated rings. The highest BCUT2D eigenvalue weighted by Crippen LogP contribution is 2.30. The Hall–Kier alpha value is -5.53. The van der Waals surface area contributed by atoms with Gasteiger partial charge < -0.3 is 26.6 Å². The third-order valence-corrected chi connectivity index (χ3v) is 10.1. The highest BCUT2D eigenvalue weighted by Gasteiger charge is 2.28. The molecular formula is C42H52N6O6S. The van der Waals surface area contributed by atoms with Crippen LogP contribution in [-0.4, -0.2) is 69.5 Å². The van der Waals surface area contributed by atoms with E-state index in [1.807, 2.05) is 88.4 Å². The molecule has 0 aliphatic carbocycles. The SMILES string of the molecule is CCNC(=O)[C@@H](NC(=O)C(C)NC[C@H](Cc1ccccc1)NC(=O)c1cc(C(=O)N[C@H](C)c2ccccc2)cc(N(c2ccccc2)S(C)(=O)=O)c1)C(C)C. The maximum atomic E-state index is 14.2. The standard InChI is InChI=1S/C42H52N6O6S/c1-7-43-42(52)38(28(2)3)47-39(49)30(5)44-27-35(23-31-17-11-8-12-18-31)46-41(51)34-24-33(40(50)45-29(4)32-19-13-9-14-20-32)25-37(26-34)48(55(6,53)54)36-21-15-10-16-22-36/h8-22,24-26,28-30,35,38,44H,7,23,27H2,1-6H3,(H,43,52)(H,45,50)(H,46,51)(H,47,49)/t29-,30?,35+,38+/m1/s1. The first-order chi connectivity index (χ1) is 26.2. The fourth-order valence-corrected chi connectivity index (χ4v) is 7.03. The zero-order chi connectivity index (χ0) is 40.1. The van der Waals surface area contributed by atoms with Gasteiger partial charge in [0.15, 0.2) is 0 Å². The van der Waals surface area contributed by atoms with Gasteiger partial charge in [-0.05, 0) is 74.6 Å². The molecule has 13 heteroatoms. The molecule has 0 aliphatic heterocycles. The Balaban J connectivity index is 1.66. The number of likely N-dealkylation sites (N-methyl/N-ethyl adjacent to an activating group) is 1. The molecule has 0 bridgehead atoms. The van der Waals surface area contributed by atoms with Crippen LogP contribution in [0.15, 0.2) is 109 Å². The molecule has 12 nitrogen and oxygen atoms in total. The Labute approximate surface area is 324 Å². The van der Waals surface area contributed by atoms with Gasteiger partial charge in [0.05, 0.1) is 29.7 Å². The van der Waals surface area contributed by atoms with Gasteiger partial charge in [-0.2, -0.15) is 0 Å². The smallest absolute Gasteiger partial charge is 0.251 e. The molecule has 4 aromatic carbocycles. The fraction of sp³-hybridized carbons (Fsp3) is 0.333. The Morgan fingerprint density at radius 2 is 1.22 bits per heavy atom. The number of anilines is 2. The van der Waals surface area contributed by atoms with Gasteiger partial charge in [-0.15, -0.1) is 0 Å². The van der Waals surface area contributed by atoms with Crippen LogP contribution in [0.4, 0.5) is 11.4 Å². The van der Waals surface area contributed by atoms with Gasteiger partial charge in [0.25, 0.3) is 11.8 Å². The Morgan fingerprint density at radius 3 is 1.76 bits per heavy atom. The van der Waals surface area contributed by atoms with Crippen molar-refractivity contribution in [1.29, 1.82) is 0 Å². The first-order valence-electron chi connectivity index (χ1n) is 18.4. The average molecular weight is 769 g/mol. The highest BCUT2D eigenvalue weighted by atomic mass is 32.2. The van der Waals surface area contributed by atoms with Gasteiger partial charge in [0.2, 0.25) is 21.8 Å². The summed E-state index contributed by atoms with van der Waals surface area (Å²) in [4.78, 5) is 53.8. The van der Waals surface area contributed by atoms with Crippen molar-refractivity contribution in [3.63, 3.8) is 0 Å². The van der Waals surface area contributed by atoms with Crippen molar-refractivity contribution in [3.05, 3.63) is 131 Å². The molecule has 4 atom stereocenters. The molecule has 0 radical (unpaired) electrons. The van der Waals surface area contributed by atoms with E-state index in [-0.39, 0.29) is 47.1 Å². The second-order valence-electron chi connectivity index (χ2n) is 13.9. The van der Waals surface area contributed by atoms with E-state index >= 15 is 0 Å². The fourth-order valence-electron chi connectivity index (χ4n) is 6.04. The average Bonchev–Trinajstić information content (AvgIpc) is 3.16. The summed E-state index contributed by atoms with van der Waals surface area (Å²) < 4.78 is 27.6. The summed E-state index contributed by atoms with van der Waals surface area (Å²) in [6.45, 7) is 9.64. The van der Waals surface area contributed by atoms with Crippen molar-refractivity contribution in [2.75, 3.05) is 23.7 Å². The third kappa shape index (κ3) is 12.2. The van der Waals surface area contributed by atoms with E-state index in [4.69, 9.17) is 0 Å². The molecule has 1 unspecified atom stereocenters. The number of rotatable bonds is 18. The summed E-state index contributed by atoms with van der Waals surface area (Å²) in [5.41, 5.74) is 2.38. The quantitative estimate of drug-likeness (QED) is 0.0964. The van der Waals surface area contributed by atoms with E-state index in [1.165, 1.54) is 18.2 Å². The Morgan fingerprint density at radius 1 is 0.673 bits per heavy atom. The number of nitrogens with one attached hydrogen (secondary N) is 5. The first kappa shape index (κ1) is 42.2. The molecule has 0 aliphatic rings. The molecule has 55 heavy (non-hydrogen) atoms. The maximum Gasteiger partial charge on any atom is 0.251 e. The largest absolute Gasteiger partial charge is 0.355 e.